The maximum atomic E-state index is 11.8. The highest BCUT2D eigenvalue weighted by atomic mass is 16.5. The predicted octanol–water partition coefficient (Wildman–Crippen LogP) is 1.39. The topological polar surface area (TPSA) is 73.6 Å². The maximum Gasteiger partial charge on any atom is 0.253 e. The summed E-state index contributed by atoms with van der Waals surface area (Å²) in [7, 11) is 1.54. The van der Waals surface area contributed by atoms with Gasteiger partial charge in [0.25, 0.3) is 5.91 Å². The molecule has 1 heterocycles. The molecule has 1 unspecified atom stereocenters. The molecule has 0 aromatic heterocycles. The summed E-state index contributed by atoms with van der Waals surface area (Å²) in [5, 5.41) is 2.79. The van der Waals surface area contributed by atoms with E-state index in [0.29, 0.717) is 23.7 Å². The van der Waals surface area contributed by atoms with Crippen molar-refractivity contribution in [3.05, 3.63) is 18.2 Å². The molecule has 5 nitrogen and oxygen atoms in total. The van der Waals surface area contributed by atoms with Crippen LogP contribution in [0.15, 0.2) is 18.2 Å². The Kier molecular flexibility index (Phi) is 3.49. The van der Waals surface area contributed by atoms with E-state index in [0.717, 1.165) is 12.8 Å². The molecule has 0 bridgehead atoms. The van der Waals surface area contributed by atoms with Crippen molar-refractivity contribution in [1.29, 1.82) is 0 Å². The minimum absolute atomic E-state index is 0.116. The lowest BCUT2D eigenvalue weighted by molar-refractivity contribution is -0.124. The molecule has 0 spiro atoms. The maximum absolute atomic E-state index is 11.8. The first-order valence-corrected chi connectivity index (χ1v) is 5.56. The van der Waals surface area contributed by atoms with Gasteiger partial charge in [0.05, 0.1) is 12.8 Å². The number of hydrogen-bond donors (Lipinski definition) is 2. The molecule has 1 aliphatic rings. The molecule has 1 aliphatic heterocycles. The number of ether oxygens (including phenoxy) is 2. The van der Waals surface area contributed by atoms with Crippen LogP contribution in [0.2, 0.25) is 0 Å². The van der Waals surface area contributed by atoms with E-state index in [9.17, 15) is 4.79 Å². The van der Waals surface area contributed by atoms with E-state index in [1.165, 1.54) is 7.11 Å². The Morgan fingerprint density at radius 3 is 3.06 bits per heavy atom. The number of nitrogens with one attached hydrogen (secondary N) is 1. The predicted molar refractivity (Wildman–Crippen MR) is 65.0 cm³/mol. The average molecular weight is 236 g/mol. The molecule has 2 rings (SSSR count). The van der Waals surface area contributed by atoms with Crippen molar-refractivity contribution < 1.29 is 14.3 Å². The monoisotopic (exact) mass is 236 g/mol. The number of amides is 1. The second-order valence-corrected chi connectivity index (χ2v) is 3.95. The molecule has 17 heavy (non-hydrogen) atoms. The number of nitrogen functional groups attached to an aromatic ring is 1. The third-order valence-corrected chi connectivity index (χ3v) is 2.72. The van der Waals surface area contributed by atoms with Crippen LogP contribution < -0.4 is 15.8 Å². The van der Waals surface area contributed by atoms with Gasteiger partial charge in [0.2, 0.25) is 0 Å². The second-order valence-electron chi connectivity index (χ2n) is 3.95. The van der Waals surface area contributed by atoms with Gasteiger partial charge in [-0.3, -0.25) is 4.79 Å². The smallest absolute Gasteiger partial charge is 0.253 e. The fraction of sp³-hybridized carbons (Fsp3) is 0.417. The summed E-state index contributed by atoms with van der Waals surface area (Å²) in [6, 6.07) is 5.14. The van der Waals surface area contributed by atoms with Crippen LogP contribution in [0, 0.1) is 0 Å². The molecule has 1 aromatic carbocycles. The van der Waals surface area contributed by atoms with Crippen LogP contribution in [0.1, 0.15) is 12.8 Å². The highest BCUT2D eigenvalue weighted by Gasteiger charge is 2.23. The quantitative estimate of drug-likeness (QED) is 0.778. The summed E-state index contributed by atoms with van der Waals surface area (Å²) in [4.78, 5) is 11.8. The minimum atomic E-state index is -0.335. The van der Waals surface area contributed by atoms with Gasteiger partial charge in [-0.05, 0) is 25.0 Å². The number of nitrogens with two attached hydrogens (primary N) is 1. The molecule has 0 saturated carbocycles. The van der Waals surface area contributed by atoms with Gasteiger partial charge in [-0.2, -0.15) is 0 Å². The van der Waals surface area contributed by atoms with E-state index < -0.39 is 0 Å². The minimum Gasteiger partial charge on any atom is -0.495 e. The zero-order valence-electron chi connectivity index (χ0n) is 9.73. The summed E-state index contributed by atoms with van der Waals surface area (Å²) < 4.78 is 10.4. The Balaban J connectivity index is 2.05. The van der Waals surface area contributed by atoms with Crippen LogP contribution in [-0.2, 0) is 9.53 Å². The Labute approximate surface area is 99.9 Å². The molecule has 1 fully saturated rings. The zero-order valence-corrected chi connectivity index (χ0v) is 9.73. The van der Waals surface area contributed by atoms with E-state index in [4.69, 9.17) is 15.2 Å². The zero-order chi connectivity index (χ0) is 12.3. The first-order valence-electron chi connectivity index (χ1n) is 5.56. The SMILES string of the molecule is COc1cc(NC(=O)C2CCCO2)ccc1N. The van der Waals surface area contributed by atoms with Gasteiger partial charge >= 0.3 is 0 Å². The van der Waals surface area contributed by atoms with Crippen molar-refractivity contribution in [1.82, 2.24) is 0 Å². The van der Waals surface area contributed by atoms with Gasteiger partial charge in [0, 0.05) is 18.4 Å². The first-order chi connectivity index (χ1) is 8.20. The summed E-state index contributed by atoms with van der Waals surface area (Å²) in [5.74, 6) is 0.435. The van der Waals surface area contributed by atoms with Gasteiger partial charge in [-0.15, -0.1) is 0 Å². The summed E-state index contributed by atoms with van der Waals surface area (Å²) >= 11 is 0. The van der Waals surface area contributed by atoms with Crippen molar-refractivity contribution in [2.45, 2.75) is 18.9 Å². The Morgan fingerprint density at radius 1 is 1.59 bits per heavy atom. The van der Waals surface area contributed by atoms with Crippen molar-refractivity contribution in [2.24, 2.45) is 0 Å². The van der Waals surface area contributed by atoms with Crippen LogP contribution in [-0.4, -0.2) is 25.7 Å². The fourth-order valence-electron chi connectivity index (χ4n) is 1.80. The fourth-order valence-corrected chi connectivity index (χ4v) is 1.80. The number of benzene rings is 1. The standard InChI is InChI=1S/C12H16N2O3/c1-16-11-7-8(4-5-9(11)13)14-12(15)10-3-2-6-17-10/h4-5,7,10H,2-3,6,13H2,1H3,(H,14,15). The van der Waals surface area contributed by atoms with E-state index in [1.807, 2.05) is 0 Å². The highest BCUT2D eigenvalue weighted by molar-refractivity contribution is 5.94. The van der Waals surface area contributed by atoms with E-state index in [-0.39, 0.29) is 12.0 Å². The number of carbonyl (C=O) groups excluding carboxylic acids is 1. The summed E-state index contributed by atoms with van der Waals surface area (Å²) in [5.41, 5.74) is 6.90. The van der Waals surface area contributed by atoms with Gasteiger partial charge in [0.15, 0.2) is 0 Å². The van der Waals surface area contributed by atoms with E-state index >= 15 is 0 Å². The molecule has 0 radical (unpaired) electrons. The van der Waals surface area contributed by atoms with Crippen LogP contribution in [0.5, 0.6) is 5.75 Å². The second kappa shape index (κ2) is 5.05. The molecule has 3 N–H and O–H groups in total. The Bertz CT molecular complexity index is 414. The van der Waals surface area contributed by atoms with Gasteiger partial charge in [0.1, 0.15) is 11.9 Å². The lowest BCUT2D eigenvalue weighted by Crippen LogP contribution is -2.26. The molecule has 1 amide bonds. The molecule has 92 valence electrons. The van der Waals surface area contributed by atoms with Crippen molar-refractivity contribution >= 4 is 17.3 Å². The number of rotatable bonds is 3. The van der Waals surface area contributed by atoms with E-state index in [1.54, 1.807) is 18.2 Å². The molecule has 1 aromatic rings. The molecular weight excluding hydrogens is 220 g/mol. The third-order valence-electron chi connectivity index (χ3n) is 2.72. The average Bonchev–Trinajstić information content (AvgIpc) is 2.85. The Morgan fingerprint density at radius 2 is 2.41 bits per heavy atom. The largest absolute Gasteiger partial charge is 0.495 e. The van der Waals surface area contributed by atoms with Crippen LogP contribution in [0.4, 0.5) is 11.4 Å². The summed E-state index contributed by atoms with van der Waals surface area (Å²) in [6.07, 6.45) is 1.37. The van der Waals surface area contributed by atoms with Crippen molar-refractivity contribution in [2.75, 3.05) is 24.8 Å². The number of hydrogen-bond acceptors (Lipinski definition) is 4. The number of methoxy groups -OCH3 is 1. The van der Waals surface area contributed by atoms with Crippen LogP contribution in [0.25, 0.3) is 0 Å². The van der Waals surface area contributed by atoms with Gasteiger partial charge in [-0.1, -0.05) is 0 Å². The highest BCUT2D eigenvalue weighted by Crippen LogP contribution is 2.25. The van der Waals surface area contributed by atoms with Crippen molar-refractivity contribution in [3.8, 4) is 5.75 Å². The lowest BCUT2D eigenvalue weighted by atomic mass is 10.2. The van der Waals surface area contributed by atoms with E-state index in [2.05, 4.69) is 5.32 Å². The Hall–Kier alpha value is -1.75. The number of carbonyl (C=O) groups is 1. The van der Waals surface area contributed by atoms with Gasteiger partial charge in [-0.25, -0.2) is 0 Å². The number of anilines is 2. The van der Waals surface area contributed by atoms with Gasteiger partial charge < -0.3 is 20.5 Å². The van der Waals surface area contributed by atoms with Crippen LogP contribution >= 0.6 is 0 Å². The molecule has 5 heteroatoms. The third kappa shape index (κ3) is 2.68. The lowest BCUT2D eigenvalue weighted by Gasteiger charge is -2.12. The molecular formula is C12H16N2O3. The molecule has 1 saturated heterocycles. The summed E-state index contributed by atoms with van der Waals surface area (Å²) in [6.45, 7) is 0.656. The van der Waals surface area contributed by atoms with Crippen LogP contribution in [0.3, 0.4) is 0 Å². The molecule has 0 aliphatic carbocycles. The first kappa shape index (κ1) is 11.7. The normalized spacial score (nSPS) is 19.0. The molecule has 1 atom stereocenters. The van der Waals surface area contributed by atoms with Crippen molar-refractivity contribution in [3.63, 3.8) is 0 Å².